The summed E-state index contributed by atoms with van der Waals surface area (Å²) >= 11 is 0. The van der Waals surface area contributed by atoms with Crippen LogP contribution in [0.5, 0.6) is 0 Å². The predicted octanol–water partition coefficient (Wildman–Crippen LogP) is 7.76. The van der Waals surface area contributed by atoms with Crippen LogP contribution in [-0.2, 0) is 6.42 Å². The van der Waals surface area contributed by atoms with Crippen LogP contribution in [0.1, 0.15) is 89.5 Å². The maximum atomic E-state index is 13.2. The lowest BCUT2D eigenvalue weighted by molar-refractivity contribution is 0.409. The van der Waals surface area contributed by atoms with Crippen LogP contribution in [-0.4, -0.2) is 0 Å². The van der Waals surface area contributed by atoms with Crippen LogP contribution in [0.15, 0.2) is 29.8 Å². The first-order valence-corrected chi connectivity index (χ1v) is 10.3. The van der Waals surface area contributed by atoms with E-state index in [1.165, 1.54) is 88.3 Å². The second kappa shape index (κ2) is 11.4. The molecule has 1 atom stereocenters. The maximum absolute atomic E-state index is 13.2. The van der Waals surface area contributed by atoms with E-state index in [1.54, 1.807) is 6.07 Å². The van der Waals surface area contributed by atoms with Crippen molar-refractivity contribution in [1.29, 1.82) is 0 Å². The molecule has 0 aliphatic heterocycles. The molecule has 0 fully saturated rings. The molecular formula is C23H34F2. The highest BCUT2D eigenvalue weighted by Gasteiger charge is 2.14. The summed E-state index contributed by atoms with van der Waals surface area (Å²) in [5.41, 5.74) is 2.39. The number of hydrogen-bond donors (Lipinski definition) is 0. The Morgan fingerprint density at radius 1 is 0.920 bits per heavy atom. The van der Waals surface area contributed by atoms with Crippen molar-refractivity contribution in [1.82, 2.24) is 0 Å². The second-order valence-electron chi connectivity index (χ2n) is 7.66. The topological polar surface area (TPSA) is 0 Å². The average Bonchev–Trinajstić information content (AvgIpc) is 2.63. The summed E-state index contributed by atoms with van der Waals surface area (Å²) in [6, 6.07) is 4.27. The van der Waals surface area contributed by atoms with Gasteiger partial charge in [-0.25, -0.2) is 8.78 Å². The fourth-order valence-corrected chi connectivity index (χ4v) is 3.82. The van der Waals surface area contributed by atoms with E-state index in [0.29, 0.717) is 0 Å². The van der Waals surface area contributed by atoms with E-state index >= 15 is 0 Å². The summed E-state index contributed by atoms with van der Waals surface area (Å²) in [5.74, 6) is -0.624. The van der Waals surface area contributed by atoms with Gasteiger partial charge in [0, 0.05) is 0 Å². The Morgan fingerprint density at radius 2 is 1.68 bits per heavy atom. The van der Waals surface area contributed by atoms with Gasteiger partial charge in [-0.2, -0.15) is 0 Å². The average molecular weight is 349 g/mol. The number of unbranched alkanes of at least 4 members (excludes halogenated alkanes) is 6. The fraction of sp³-hybridized carbons (Fsp3) is 0.652. The lowest BCUT2D eigenvalue weighted by atomic mass is 9.84. The highest BCUT2D eigenvalue weighted by atomic mass is 19.2. The van der Waals surface area contributed by atoms with Crippen molar-refractivity contribution >= 4 is 0 Å². The first-order chi connectivity index (χ1) is 12.2. The van der Waals surface area contributed by atoms with Gasteiger partial charge in [-0.3, -0.25) is 0 Å². The fourth-order valence-electron chi connectivity index (χ4n) is 3.82. The molecule has 1 aliphatic carbocycles. The molecule has 1 unspecified atom stereocenters. The molecule has 0 saturated heterocycles. The SMILES string of the molecule is CCCCCCCCCC1CC=C(CCc2ccc(F)c(F)c2)CC1. The van der Waals surface area contributed by atoms with Crippen LogP contribution in [0, 0.1) is 17.6 Å². The smallest absolute Gasteiger partial charge is 0.159 e. The van der Waals surface area contributed by atoms with Gasteiger partial charge in [-0.15, -0.1) is 0 Å². The molecule has 0 saturated carbocycles. The Labute approximate surface area is 152 Å². The van der Waals surface area contributed by atoms with Crippen molar-refractivity contribution < 1.29 is 8.78 Å². The molecule has 0 amide bonds. The molecular weight excluding hydrogens is 314 g/mol. The van der Waals surface area contributed by atoms with Gasteiger partial charge >= 0.3 is 0 Å². The molecule has 2 heteroatoms. The van der Waals surface area contributed by atoms with Crippen molar-refractivity contribution in [2.75, 3.05) is 0 Å². The van der Waals surface area contributed by atoms with Crippen molar-refractivity contribution in [3.63, 3.8) is 0 Å². The van der Waals surface area contributed by atoms with Crippen LogP contribution in [0.25, 0.3) is 0 Å². The quantitative estimate of drug-likeness (QED) is 0.283. The van der Waals surface area contributed by atoms with Gasteiger partial charge < -0.3 is 0 Å². The van der Waals surface area contributed by atoms with Gasteiger partial charge in [-0.1, -0.05) is 76.0 Å². The minimum atomic E-state index is -0.756. The molecule has 1 aliphatic rings. The van der Waals surface area contributed by atoms with Crippen LogP contribution in [0.2, 0.25) is 0 Å². The van der Waals surface area contributed by atoms with E-state index in [-0.39, 0.29) is 0 Å². The summed E-state index contributed by atoms with van der Waals surface area (Å²) < 4.78 is 26.2. The highest BCUT2D eigenvalue weighted by molar-refractivity contribution is 5.19. The summed E-state index contributed by atoms with van der Waals surface area (Å²) in [4.78, 5) is 0. The van der Waals surface area contributed by atoms with Crippen LogP contribution < -0.4 is 0 Å². The second-order valence-corrected chi connectivity index (χ2v) is 7.66. The molecule has 0 aromatic heterocycles. The standard InChI is InChI=1S/C23H34F2/c1-2-3-4-5-6-7-8-9-19-10-12-20(13-11-19)14-15-21-16-17-22(24)23(25)18-21/h12,16-19H,2-11,13-15H2,1H3. The molecule has 0 radical (unpaired) electrons. The number of allylic oxidation sites excluding steroid dienone is 2. The van der Waals surface area contributed by atoms with Gasteiger partial charge in [0.05, 0.1) is 0 Å². The van der Waals surface area contributed by atoms with Crippen LogP contribution in [0.4, 0.5) is 8.78 Å². The van der Waals surface area contributed by atoms with Crippen molar-refractivity contribution in [2.24, 2.45) is 5.92 Å². The summed E-state index contributed by atoms with van der Waals surface area (Å²) in [6.45, 7) is 2.27. The van der Waals surface area contributed by atoms with Crippen LogP contribution >= 0.6 is 0 Å². The third-order valence-corrected chi connectivity index (χ3v) is 5.55. The highest BCUT2D eigenvalue weighted by Crippen LogP contribution is 2.30. The van der Waals surface area contributed by atoms with Crippen molar-refractivity contribution in [2.45, 2.75) is 90.4 Å². The Bertz CT molecular complexity index is 533. The number of hydrogen-bond acceptors (Lipinski definition) is 0. The monoisotopic (exact) mass is 348 g/mol. The third-order valence-electron chi connectivity index (χ3n) is 5.55. The predicted molar refractivity (Wildman–Crippen MR) is 103 cm³/mol. The number of halogens is 2. The molecule has 2 rings (SSSR count). The summed E-state index contributed by atoms with van der Waals surface area (Å²) in [7, 11) is 0. The zero-order chi connectivity index (χ0) is 17.9. The zero-order valence-electron chi connectivity index (χ0n) is 15.8. The Hall–Kier alpha value is -1.18. The summed E-state index contributed by atoms with van der Waals surface area (Å²) in [6.07, 6.45) is 19.0. The van der Waals surface area contributed by atoms with E-state index in [2.05, 4.69) is 13.0 Å². The van der Waals surface area contributed by atoms with Crippen LogP contribution in [0.3, 0.4) is 0 Å². The molecule has 0 nitrogen and oxygen atoms in total. The van der Waals surface area contributed by atoms with Gasteiger partial charge in [0.15, 0.2) is 11.6 Å². The largest absolute Gasteiger partial charge is 0.204 e. The Kier molecular flexibility index (Phi) is 9.21. The van der Waals surface area contributed by atoms with Gasteiger partial charge in [0.1, 0.15) is 0 Å². The lowest BCUT2D eigenvalue weighted by Gasteiger charge is -2.22. The Morgan fingerprint density at radius 3 is 2.36 bits per heavy atom. The van der Waals surface area contributed by atoms with E-state index in [4.69, 9.17) is 0 Å². The van der Waals surface area contributed by atoms with E-state index < -0.39 is 11.6 Å². The normalized spacial score (nSPS) is 17.6. The number of aryl methyl sites for hydroxylation is 1. The zero-order valence-corrected chi connectivity index (χ0v) is 15.8. The van der Waals surface area contributed by atoms with Gasteiger partial charge in [0.2, 0.25) is 0 Å². The van der Waals surface area contributed by atoms with Crippen molar-refractivity contribution in [3.8, 4) is 0 Å². The van der Waals surface area contributed by atoms with E-state index in [9.17, 15) is 8.78 Å². The van der Waals surface area contributed by atoms with E-state index in [0.717, 1.165) is 24.3 Å². The summed E-state index contributed by atoms with van der Waals surface area (Å²) in [5, 5.41) is 0. The molecule has 0 bridgehead atoms. The number of benzene rings is 1. The number of rotatable bonds is 11. The first kappa shape index (κ1) is 20.1. The van der Waals surface area contributed by atoms with Gasteiger partial charge in [-0.05, 0) is 55.7 Å². The minimum Gasteiger partial charge on any atom is -0.204 e. The maximum Gasteiger partial charge on any atom is 0.159 e. The third kappa shape index (κ3) is 7.71. The molecule has 1 aromatic rings. The molecule has 0 N–H and O–H groups in total. The molecule has 25 heavy (non-hydrogen) atoms. The first-order valence-electron chi connectivity index (χ1n) is 10.3. The van der Waals surface area contributed by atoms with Gasteiger partial charge in [0.25, 0.3) is 0 Å². The molecule has 1 aromatic carbocycles. The van der Waals surface area contributed by atoms with Crippen molar-refractivity contribution in [3.05, 3.63) is 47.0 Å². The molecule has 140 valence electrons. The molecule has 0 heterocycles. The molecule has 0 spiro atoms. The Balaban J connectivity index is 1.59. The van der Waals surface area contributed by atoms with E-state index in [1.807, 2.05) is 0 Å². The minimum absolute atomic E-state index is 0.732. The lowest BCUT2D eigenvalue weighted by Crippen LogP contribution is -2.06.